The Labute approximate surface area is 102 Å². The van der Waals surface area contributed by atoms with E-state index in [9.17, 15) is 0 Å². The van der Waals surface area contributed by atoms with E-state index in [1.165, 1.54) is 22.3 Å². The van der Waals surface area contributed by atoms with Gasteiger partial charge in [0.05, 0.1) is 5.71 Å². The lowest BCUT2D eigenvalue weighted by molar-refractivity contribution is 0.933. The van der Waals surface area contributed by atoms with Crippen LogP contribution >= 0.6 is 0 Å². The Kier molecular flexibility index (Phi) is 2.52. The SMILES string of the molecule is CCCN=C1c2ccccc2-c2ccccc21. The first-order valence-corrected chi connectivity index (χ1v) is 6.15. The lowest BCUT2D eigenvalue weighted by Gasteiger charge is -2.00. The van der Waals surface area contributed by atoms with E-state index >= 15 is 0 Å². The van der Waals surface area contributed by atoms with Crippen LogP contribution in [-0.2, 0) is 0 Å². The quantitative estimate of drug-likeness (QED) is 0.622. The molecule has 0 aromatic heterocycles. The van der Waals surface area contributed by atoms with Gasteiger partial charge < -0.3 is 0 Å². The molecule has 0 aliphatic heterocycles. The smallest absolute Gasteiger partial charge is 0.0731 e. The highest BCUT2D eigenvalue weighted by atomic mass is 14.7. The Hall–Kier alpha value is -1.89. The van der Waals surface area contributed by atoms with Gasteiger partial charge in [-0.15, -0.1) is 0 Å². The minimum Gasteiger partial charge on any atom is -0.284 e. The van der Waals surface area contributed by atoms with Crippen LogP contribution in [0.2, 0.25) is 0 Å². The number of benzene rings is 2. The predicted octanol–water partition coefficient (Wildman–Crippen LogP) is 3.91. The van der Waals surface area contributed by atoms with Crippen molar-refractivity contribution >= 4 is 5.71 Å². The molecule has 0 saturated carbocycles. The van der Waals surface area contributed by atoms with Gasteiger partial charge in [-0.2, -0.15) is 0 Å². The second-order valence-corrected chi connectivity index (χ2v) is 4.32. The molecule has 0 fully saturated rings. The van der Waals surface area contributed by atoms with Crippen LogP contribution in [0, 0.1) is 0 Å². The fourth-order valence-electron chi connectivity index (χ4n) is 2.39. The topological polar surface area (TPSA) is 12.4 Å². The minimum absolute atomic E-state index is 0.901. The van der Waals surface area contributed by atoms with Crippen molar-refractivity contribution in [2.24, 2.45) is 4.99 Å². The molecular weight excluding hydrogens is 206 g/mol. The summed E-state index contributed by atoms with van der Waals surface area (Å²) in [6, 6.07) is 17.1. The zero-order chi connectivity index (χ0) is 11.7. The van der Waals surface area contributed by atoms with E-state index in [1.807, 2.05) is 0 Å². The number of aliphatic imine (C=N–C) groups is 1. The van der Waals surface area contributed by atoms with Crippen molar-refractivity contribution < 1.29 is 0 Å². The molecule has 0 bridgehead atoms. The number of hydrogen-bond donors (Lipinski definition) is 0. The number of hydrogen-bond acceptors (Lipinski definition) is 1. The molecule has 1 aliphatic rings. The number of rotatable bonds is 2. The molecule has 1 aliphatic carbocycles. The van der Waals surface area contributed by atoms with Crippen LogP contribution in [0.4, 0.5) is 0 Å². The maximum atomic E-state index is 4.74. The molecule has 0 radical (unpaired) electrons. The van der Waals surface area contributed by atoms with Crippen molar-refractivity contribution in [2.75, 3.05) is 6.54 Å². The summed E-state index contributed by atoms with van der Waals surface area (Å²) in [7, 11) is 0. The molecule has 84 valence electrons. The first-order valence-electron chi connectivity index (χ1n) is 6.15. The highest BCUT2D eigenvalue weighted by Gasteiger charge is 2.23. The van der Waals surface area contributed by atoms with Gasteiger partial charge in [0.25, 0.3) is 0 Å². The van der Waals surface area contributed by atoms with E-state index in [4.69, 9.17) is 4.99 Å². The van der Waals surface area contributed by atoms with Gasteiger partial charge in [-0.3, -0.25) is 4.99 Å². The number of nitrogens with zero attached hydrogens (tertiary/aromatic N) is 1. The van der Waals surface area contributed by atoms with Crippen molar-refractivity contribution in [3.63, 3.8) is 0 Å². The van der Waals surface area contributed by atoms with Crippen molar-refractivity contribution in [1.82, 2.24) is 0 Å². The summed E-state index contributed by atoms with van der Waals surface area (Å²) < 4.78 is 0. The van der Waals surface area contributed by atoms with Gasteiger partial charge >= 0.3 is 0 Å². The third-order valence-electron chi connectivity index (χ3n) is 3.15. The van der Waals surface area contributed by atoms with Crippen LogP contribution in [0.5, 0.6) is 0 Å². The molecule has 0 spiro atoms. The Balaban J connectivity index is 2.24. The van der Waals surface area contributed by atoms with Gasteiger partial charge in [0.15, 0.2) is 0 Å². The van der Waals surface area contributed by atoms with Crippen LogP contribution < -0.4 is 0 Å². The van der Waals surface area contributed by atoms with Crippen molar-refractivity contribution in [3.05, 3.63) is 59.7 Å². The van der Waals surface area contributed by atoms with E-state index in [2.05, 4.69) is 55.5 Å². The van der Waals surface area contributed by atoms with E-state index in [0.29, 0.717) is 0 Å². The largest absolute Gasteiger partial charge is 0.284 e. The molecule has 0 atom stereocenters. The van der Waals surface area contributed by atoms with Crippen LogP contribution in [0.3, 0.4) is 0 Å². The summed E-state index contributed by atoms with van der Waals surface area (Å²) in [6.45, 7) is 3.06. The Bertz CT molecular complexity index is 534. The summed E-state index contributed by atoms with van der Waals surface area (Å²) in [4.78, 5) is 4.74. The first-order chi connectivity index (χ1) is 8.42. The summed E-state index contributed by atoms with van der Waals surface area (Å²) in [5, 5.41) is 0. The second-order valence-electron chi connectivity index (χ2n) is 4.32. The molecule has 1 nitrogen and oxygen atoms in total. The third-order valence-corrected chi connectivity index (χ3v) is 3.15. The van der Waals surface area contributed by atoms with Crippen LogP contribution in [0.15, 0.2) is 53.5 Å². The van der Waals surface area contributed by atoms with E-state index in [1.54, 1.807) is 0 Å². The lowest BCUT2D eigenvalue weighted by Crippen LogP contribution is -1.99. The van der Waals surface area contributed by atoms with Crippen LogP contribution in [0.25, 0.3) is 11.1 Å². The fourth-order valence-corrected chi connectivity index (χ4v) is 2.39. The molecule has 0 saturated heterocycles. The van der Waals surface area contributed by atoms with E-state index < -0.39 is 0 Å². The standard InChI is InChI=1S/C16H15N/c1-2-11-17-16-14-9-5-3-7-12(14)13-8-4-6-10-15(13)16/h3-10H,2,11H2,1H3. The van der Waals surface area contributed by atoms with Gasteiger partial charge in [-0.25, -0.2) is 0 Å². The summed E-state index contributed by atoms with van der Waals surface area (Å²) in [5.74, 6) is 0. The van der Waals surface area contributed by atoms with E-state index in [-0.39, 0.29) is 0 Å². The van der Waals surface area contributed by atoms with Crippen LogP contribution in [-0.4, -0.2) is 12.3 Å². The van der Waals surface area contributed by atoms with Gasteiger partial charge in [-0.1, -0.05) is 55.5 Å². The maximum absolute atomic E-state index is 4.74. The maximum Gasteiger partial charge on any atom is 0.0731 e. The molecule has 17 heavy (non-hydrogen) atoms. The lowest BCUT2D eigenvalue weighted by atomic mass is 10.1. The third kappa shape index (κ3) is 1.59. The molecule has 0 N–H and O–H groups in total. The Morgan fingerprint density at radius 3 is 1.71 bits per heavy atom. The Morgan fingerprint density at radius 2 is 1.24 bits per heavy atom. The number of fused-ring (bicyclic) bond motifs is 3. The van der Waals surface area contributed by atoms with Gasteiger partial charge in [0.2, 0.25) is 0 Å². The molecule has 2 aromatic rings. The highest BCUT2D eigenvalue weighted by Crippen LogP contribution is 2.36. The zero-order valence-electron chi connectivity index (χ0n) is 9.98. The normalized spacial score (nSPS) is 12.2. The monoisotopic (exact) mass is 221 g/mol. The van der Waals surface area contributed by atoms with E-state index in [0.717, 1.165) is 18.7 Å². The Morgan fingerprint density at radius 1 is 0.765 bits per heavy atom. The highest BCUT2D eigenvalue weighted by molar-refractivity contribution is 6.24. The molecule has 3 rings (SSSR count). The molecule has 0 unspecified atom stereocenters. The van der Waals surface area contributed by atoms with Gasteiger partial charge in [0, 0.05) is 17.7 Å². The van der Waals surface area contributed by atoms with Crippen molar-refractivity contribution in [1.29, 1.82) is 0 Å². The average molecular weight is 221 g/mol. The van der Waals surface area contributed by atoms with Crippen molar-refractivity contribution in [2.45, 2.75) is 13.3 Å². The average Bonchev–Trinajstić information content (AvgIpc) is 2.71. The minimum atomic E-state index is 0.901. The zero-order valence-corrected chi connectivity index (χ0v) is 9.98. The molecule has 2 aromatic carbocycles. The van der Waals surface area contributed by atoms with Gasteiger partial charge in [0.1, 0.15) is 0 Å². The van der Waals surface area contributed by atoms with Crippen LogP contribution in [0.1, 0.15) is 24.5 Å². The van der Waals surface area contributed by atoms with Gasteiger partial charge in [-0.05, 0) is 17.5 Å². The molecular formula is C16H15N. The first kappa shape index (κ1) is 10.3. The van der Waals surface area contributed by atoms with Crippen molar-refractivity contribution in [3.8, 4) is 11.1 Å². The fraction of sp³-hybridized carbons (Fsp3) is 0.188. The molecule has 0 amide bonds. The summed E-state index contributed by atoms with van der Waals surface area (Å²) in [5.41, 5.74) is 6.36. The summed E-state index contributed by atoms with van der Waals surface area (Å²) in [6.07, 6.45) is 1.09. The predicted molar refractivity (Wildman–Crippen MR) is 72.7 cm³/mol. The molecule has 1 heteroatoms. The molecule has 0 heterocycles. The summed E-state index contributed by atoms with van der Waals surface area (Å²) >= 11 is 0. The second kappa shape index (κ2) is 4.17.